The van der Waals surface area contributed by atoms with Crippen LogP contribution in [0.2, 0.25) is 0 Å². The van der Waals surface area contributed by atoms with Crippen molar-refractivity contribution in [3.8, 4) is 0 Å². The van der Waals surface area contributed by atoms with Gasteiger partial charge in [0.15, 0.2) is 5.16 Å². The van der Waals surface area contributed by atoms with Crippen molar-refractivity contribution in [1.29, 1.82) is 0 Å². The summed E-state index contributed by atoms with van der Waals surface area (Å²) in [5, 5.41) is 7.74. The molecule has 0 aliphatic rings. The zero-order valence-electron chi connectivity index (χ0n) is 14.2. The van der Waals surface area contributed by atoms with Crippen LogP contribution in [0, 0.1) is 0 Å². The molecule has 1 amide bonds. The van der Waals surface area contributed by atoms with Crippen LogP contribution in [0.3, 0.4) is 0 Å². The maximum absolute atomic E-state index is 11.9. The minimum absolute atomic E-state index is 0.0191. The number of nitrogens with zero attached hydrogens (tertiary/aromatic N) is 2. The summed E-state index contributed by atoms with van der Waals surface area (Å²) in [5.41, 5.74) is 1.81. The summed E-state index contributed by atoms with van der Waals surface area (Å²) < 4.78 is 0. The molecule has 2 N–H and O–H groups in total. The number of carbonyl (C=O) groups excluding carboxylic acids is 1. The average Bonchev–Trinajstić information content (AvgIpc) is 2.60. The van der Waals surface area contributed by atoms with Crippen molar-refractivity contribution in [1.82, 2.24) is 15.3 Å². The van der Waals surface area contributed by atoms with Gasteiger partial charge in [0.05, 0.1) is 11.3 Å². The number of amides is 1. The number of aromatic nitrogens is 2. The molecule has 3 aromatic rings. The fourth-order valence-corrected chi connectivity index (χ4v) is 3.03. The van der Waals surface area contributed by atoms with Crippen LogP contribution in [-0.2, 0) is 4.79 Å². The molecule has 0 aliphatic carbocycles. The summed E-state index contributed by atoms with van der Waals surface area (Å²) in [5.74, 6) is 1.01. The molecule has 128 valence electrons. The van der Waals surface area contributed by atoms with Crippen molar-refractivity contribution in [2.75, 3.05) is 11.1 Å². The van der Waals surface area contributed by atoms with Crippen LogP contribution in [0.25, 0.3) is 10.9 Å². The number of hydrogen-bond donors (Lipinski definition) is 2. The van der Waals surface area contributed by atoms with Gasteiger partial charge in [-0.05, 0) is 38.1 Å². The minimum atomic E-state index is -0.0191. The lowest BCUT2D eigenvalue weighted by Crippen LogP contribution is -2.31. The molecule has 0 saturated heterocycles. The smallest absolute Gasteiger partial charge is 0.230 e. The molecule has 2 aromatic carbocycles. The highest BCUT2D eigenvalue weighted by Crippen LogP contribution is 2.26. The fraction of sp³-hybridized carbons (Fsp3) is 0.211. The maximum atomic E-state index is 11.9. The van der Waals surface area contributed by atoms with Gasteiger partial charge in [-0.3, -0.25) is 4.79 Å². The fourth-order valence-electron chi connectivity index (χ4n) is 2.37. The zero-order valence-corrected chi connectivity index (χ0v) is 15.0. The van der Waals surface area contributed by atoms with Crippen LogP contribution in [0.4, 0.5) is 11.5 Å². The molecule has 0 spiro atoms. The molecule has 6 heteroatoms. The van der Waals surface area contributed by atoms with Gasteiger partial charge >= 0.3 is 0 Å². The number of fused-ring (bicyclic) bond motifs is 1. The molecule has 0 fully saturated rings. The molecular formula is C19H20N4OS. The normalized spacial score (nSPS) is 10.8. The van der Waals surface area contributed by atoms with Gasteiger partial charge < -0.3 is 10.6 Å². The summed E-state index contributed by atoms with van der Waals surface area (Å²) in [6.07, 6.45) is 0. The molecule has 1 heterocycles. The number of rotatable bonds is 6. The van der Waals surface area contributed by atoms with E-state index in [4.69, 9.17) is 0 Å². The van der Waals surface area contributed by atoms with Crippen LogP contribution in [0.15, 0.2) is 59.8 Å². The molecule has 25 heavy (non-hydrogen) atoms. The molecule has 5 nitrogen and oxygen atoms in total. The van der Waals surface area contributed by atoms with Crippen molar-refractivity contribution in [3.63, 3.8) is 0 Å². The largest absolute Gasteiger partial charge is 0.353 e. The summed E-state index contributed by atoms with van der Waals surface area (Å²) in [6.45, 7) is 3.88. The zero-order chi connectivity index (χ0) is 17.6. The van der Waals surface area contributed by atoms with Crippen LogP contribution in [0.5, 0.6) is 0 Å². The van der Waals surface area contributed by atoms with E-state index in [-0.39, 0.29) is 11.9 Å². The first-order chi connectivity index (χ1) is 12.1. The first-order valence-corrected chi connectivity index (χ1v) is 9.11. The van der Waals surface area contributed by atoms with Gasteiger partial charge in [0, 0.05) is 17.1 Å². The Kier molecular flexibility index (Phi) is 5.50. The number of para-hydroxylation sites is 2. The minimum Gasteiger partial charge on any atom is -0.353 e. The SMILES string of the molecule is CC(C)NC(=O)CSc1nc(Nc2ccccc2)c2ccccc2n1. The van der Waals surface area contributed by atoms with Gasteiger partial charge in [0.2, 0.25) is 5.91 Å². The summed E-state index contributed by atoms with van der Waals surface area (Å²) in [4.78, 5) is 21.0. The topological polar surface area (TPSA) is 66.9 Å². The van der Waals surface area contributed by atoms with Gasteiger partial charge in [-0.1, -0.05) is 42.1 Å². The number of benzene rings is 2. The van der Waals surface area contributed by atoms with Crippen molar-refractivity contribution in [2.24, 2.45) is 0 Å². The molecule has 3 rings (SSSR count). The maximum Gasteiger partial charge on any atom is 0.230 e. The molecule has 0 radical (unpaired) electrons. The molecule has 0 saturated carbocycles. The first-order valence-electron chi connectivity index (χ1n) is 8.13. The van der Waals surface area contributed by atoms with E-state index in [0.29, 0.717) is 10.9 Å². The van der Waals surface area contributed by atoms with E-state index in [1.807, 2.05) is 68.4 Å². The lowest BCUT2D eigenvalue weighted by atomic mass is 10.2. The lowest BCUT2D eigenvalue weighted by molar-refractivity contribution is -0.119. The van der Waals surface area contributed by atoms with Gasteiger partial charge in [0.1, 0.15) is 5.82 Å². The average molecular weight is 352 g/mol. The molecule has 1 aromatic heterocycles. The Bertz CT molecular complexity index is 868. The first kappa shape index (κ1) is 17.2. The Morgan fingerprint density at radius 2 is 1.76 bits per heavy atom. The predicted octanol–water partition coefficient (Wildman–Crippen LogP) is 3.99. The second-order valence-corrected chi connectivity index (χ2v) is 6.82. The lowest BCUT2D eigenvalue weighted by Gasteiger charge is -2.11. The summed E-state index contributed by atoms with van der Waals surface area (Å²) in [7, 11) is 0. The van der Waals surface area contributed by atoms with E-state index in [9.17, 15) is 4.79 Å². The second-order valence-electron chi connectivity index (χ2n) is 5.87. The van der Waals surface area contributed by atoms with Crippen LogP contribution in [-0.4, -0.2) is 27.7 Å². The molecule has 0 unspecified atom stereocenters. The number of thioether (sulfide) groups is 1. The van der Waals surface area contributed by atoms with E-state index >= 15 is 0 Å². The number of carbonyl (C=O) groups is 1. The van der Waals surface area contributed by atoms with Gasteiger partial charge in [0.25, 0.3) is 0 Å². The molecule has 0 bridgehead atoms. The summed E-state index contributed by atoms with van der Waals surface area (Å²) in [6, 6.07) is 17.9. The number of nitrogens with one attached hydrogen (secondary N) is 2. The van der Waals surface area contributed by atoms with E-state index in [0.717, 1.165) is 22.4 Å². The van der Waals surface area contributed by atoms with Gasteiger partial charge in [-0.2, -0.15) is 0 Å². The molecule has 0 aliphatic heterocycles. The van der Waals surface area contributed by atoms with Crippen molar-refractivity contribution in [3.05, 3.63) is 54.6 Å². The van der Waals surface area contributed by atoms with Crippen molar-refractivity contribution < 1.29 is 4.79 Å². The Morgan fingerprint density at radius 1 is 1.04 bits per heavy atom. The molecular weight excluding hydrogens is 332 g/mol. The number of hydrogen-bond acceptors (Lipinski definition) is 5. The quantitative estimate of drug-likeness (QED) is 0.519. The predicted molar refractivity (Wildman–Crippen MR) is 103 cm³/mol. The standard InChI is InChI=1S/C19H20N4OS/c1-13(2)20-17(24)12-25-19-22-16-11-7-6-10-15(16)18(23-19)21-14-8-4-3-5-9-14/h3-11,13H,12H2,1-2H3,(H,20,24)(H,21,22,23). The van der Waals surface area contributed by atoms with Crippen molar-refractivity contribution in [2.45, 2.75) is 25.0 Å². The summed E-state index contributed by atoms with van der Waals surface area (Å²) >= 11 is 1.34. The monoisotopic (exact) mass is 352 g/mol. The van der Waals surface area contributed by atoms with E-state index in [1.54, 1.807) is 0 Å². The Balaban J connectivity index is 1.86. The van der Waals surface area contributed by atoms with Crippen LogP contribution in [0.1, 0.15) is 13.8 Å². The van der Waals surface area contributed by atoms with Gasteiger partial charge in [-0.25, -0.2) is 9.97 Å². The highest BCUT2D eigenvalue weighted by atomic mass is 32.2. The Morgan fingerprint density at radius 3 is 2.52 bits per heavy atom. The highest BCUT2D eigenvalue weighted by Gasteiger charge is 2.11. The van der Waals surface area contributed by atoms with Gasteiger partial charge in [-0.15, -0.1) is 0 Å². The van der Waals surface area contributed by atoms with Crippen LogP contribution >= 0.6 is 11.8 Å². The van der Waals surface area contributed by atoms with Crippen molar-refractivity contribution >= 4 is 40.1 Å². The molecule has 0 atom stereocenters. The third kappa shape index (κ3) is 4.70. The Labute approximate surface area is 151 Å². The van der Waals surface area contributed by atoms with Crippen LogP contribution < -0.4 is 10.6 Å². The highest BCUT2D eigenvalue weighted by molar-refractivity contribution is 7.99. The van der Waals surface area contributed by atoms with E-state index in [2.05, 4.69) is 20.6 Å². The second kappa shape index (κ2) is 7.98. The third-order valence-corrected chi connectivity index (χ3v) is 4.25. The van der Waals surface area contributed by atoms with E-state index in [1.165, 1.54) is 11.8 Å². The Hall–Kier alpha value is -2.60. The third-order valence-electron chi connectivity index (χ3n) is 3.40. The number of anilines is 2. The van der Waals surface area contributed by atoms with E-state index < -0.39 is 0 Å².